The Bertz CT molecular complexity index is 449. The fourth-order valence-corrected chi connectivity index (χ4v) is 1.64. The number of oxime groups is 1. The molecule has 3 nitrogen and oxygen atoms in total. The van der Waals surface area contributed by atoms with Crippen LogP contribution in [0.2, 0.25) is 0 Å². The molecule has 0 unspecified atom stereocenters. The van der Waals surface area contributed by atoms with Crippen LogP contribution in [0.1, 0.15) is 38.7 Å². The fourth-order valence-electron chi connectivity index (χ4n) is 1.64. The third-order valence-electron chi connectivity index (χ3n) is 2.69. The Kier molecular flexibility index (Phi) is 6.58. The highest BCUT2D eigenvalue weighted by Gasteiger charge is 2.03. The van der Waals surface area contributed by atoms with Gasteiger partial charge in [-0.25, -0.2) is 4.79 Å². The van der Waals surface area contributed by atoms with E-state index in [4.69, 9.17) is 4.84 Å². The van der Waals surface area contributed by atoms with Crippen molar-refractivity contribution in [2.45, 2.75) is 39.5 Å². The highest BCUT2D eigenvalue weighted by atomic mass is 16.7. The summed E-state index contributed by atoms with van der Waals surface area (Å²) in [5, 5.41) is 3.94. The van der Waals surface area contributed by atoms with Gasteiger partial charge in [-0.1, -0.05) is 41.1 Å². The molecule has 0 aliphatic rings. The maximum atomic E-state index is 10.8. The number of rotatable bonds is 7. The molecule has 0 saturated carbocycles. The van der Waals surface area contributed by atoms with E-state index in [0.717, 1.165) is 37.0 Å². The van der Waals surface area contributed by atoms with Gasteiger partial charge in [0.1, 0.15) is 0 Å². The lowest BCUT2D eigenvalue weighted by atomic mass is 10.0. The van der Waals surface area contributed by atoms with Gasteiger partial charge in [0.25, 0.3) is 0 Å². The van der Waals surface area contributed by atoms with Crippen molar-refractivity contribution in [3.63, 3.8) is 0 Å². The van der Waals surface area contributed by atoms with Crippen LogP contribution in [-0.2, 0) is 16.1 Å². The van der Waals surface area contributed by atoms with Crippen molar-refractivity contribution >= 4 is 11.7 Å². The monoisotopic (exact) mass is 259 g/mol. The Morgan fingerprint density at radius 2 is 1.84 bits per heavy atom. The molecule has 0 amide bonds. The summed E-state index contributed by atoms with van der Waals surface area (Å²) in [4.78, 5) is 15.6. The summed E-state index contributed by atoms with van der Waals surface area (Å²) in [6.07, 6.45) is 3.35. The zero-order valence-electron chi connectivity index (χ0n) is 11.7. The van der Waals surface area contributed by atoms with E-state index in [2.05, 4.69) is 23.9 Å². The summed E-state index contributed by atoms with van der Waals surface area (Å²) < 4.78 is 0. The van der Waals surface area contributed by atoms with Crippen molar-refractivity contribution < 1.29 is 9.63 Å². The van der Waals surface area contributed by atoms with Gasteiger partial charge < -0.3 is 4.84 Å². The molecule has 0 saturated heterocycles. The van der Waals surface area contributed by atoms with Gasteiger partial charge in [0.15, 0.2) is 0 Å². The van der Waals surface area contributed by atoms with Crippen LogP contribution >= 0.6 is 0 Å². The molecule has 19 heavy (non-hydrogen) atoms. The van der Waals surface area contributed by atoms with E-state index in [-0.39, 0.29) is 5.97 Å². The first-order chi connectivity index (χ1) is 9.08. The van der Waals surface area contributed by atoms with Crippen molar-refractivity contribution in [2.24, 2.45) is 5.16 Å². The molecule has 0 aliphatic heterocycles. The number of allylic oxidation sites excluding steroid dienone is 1. The lowest BCUT2D eigenvalue weighted by Crippen LogP contribution is -2.04. The van der Waals surface area contributed by atoms with Crippen LogP contribution in [0.3, 0.4) is 0 Å². The van der Waals surface area contributed by atoms with Crippen molar-refractivity contribution in [2.75, 3.05) is 0 Å². The molecule has 0 spiro atoms. The van der Waals surface area contributed by atoms with E-state index in [9.17, 15) is 4.79 Å². The normalized spacial score (nSPS) is 11.2. The largest absolute Gasteiger partial charge is 0.331 e. The van der Waals surface area contributed by atoms with Crippen molar-refractivity contribution in [1.82, 2.24) is 0 Å². The Hall–Kier alpha value is -1.90. The van der Waals surface area contributed by atoms with E-state index >= 15 is 0 Å². The van der Waals surface area contributed by atoms with E-state index < -0.39 is 0 Å². The minimum atomic E-state index is -0.382. The quantitative estimate of drug-likeness (QED) is 0.322. The van der Waals surface area contributed by atoms with Crippen LogP contribution in [-0.4, -0.2) is 11.7 Å². The number of hydrogen-bond acceptors (Lipinski definition) is 3. The van der Waals surface area contributed by atoms with Crippen molar-refractivity contribution in [1.29, 1.82) is 0 Å². The van der Waals surface area contributed by atoms with Crippen molar-refractivity contribution in [3.8, 4) is 0 Å². The topological polar surface area (TPSA) is 38.7 Å². The highest BCUT2D eigenvalue weighted by Crippen LogP contribution is 2.09. The Morgan fingerprint density at radius 1 is 1.16 bits per heavy atom. The maximum absolute atomic E-state index is 10.8. The molecule has 0 atom stereocenters. The highest BCUT2D eigenvalue weighted by molar-refractivity contribution is 5.85. The van der Waals surface area contributed by atoms with Gasteiger partial charge in [-0.15, -0.1) is 6.58 Å². The zero-order valence-corrected chi connectivity index (χ0v) is 11.7. The lowest BCUT2D eigenvalue weighted by molar-refractivity contribution is -0.140. The average molecular weight is 259 g/mol. The minimum Gasteiger partial charge on any atom is -0.319 e. The number of benzene rings is 1. The summed E-state index contributed by atoms with van der Waals surface area (Å²) >= 11 is 0. The van der Waals surface area contributed by atoms with E-state index in [1.165, 1.54) is 12.5 Å². The molecule has 0 heterocycles. The van der Waals surface area contributed by atoms with Crippen LogP contribution in [0.5, 0.6) is 0 Å². The van der Waals surface area contributed by atoms with E-state index in [1.54, 1.807) is 0 Å². The standard InChI is InChI=1S/C16H21NO2/c1-13(2)9-11-16(17-19-14(3)18)12-10-15-7-5-4-6-8-15/h4-8H,1,9-12H2,2-3H3/b17-16+. The number of aryl methyl sites for hydroxylation is 1. The number of carbonyl (C=O) groups is 1. The van der Waals surface area contributed by atoms with Gasteiger partial charge in [0, 0.05) is 6.92 Å². The van der Waals surface area contributed by atoms with Crippen LogP contribution in [0, 0.1) is 0 Å². The maximum Gasteiger partial charge on any atom is 0.331 e. The van der Waals surface area contributed by atoms with Gasteiger partial charge in [-0.2, -0.15) is 0 Å². The molecule has 1 aromatic carbocycles. The zero-order chi connectivity index (χ0) is 14.1. The van der Waals surface area contributed by atoms with Gasteiger partial charge in [-0.05, 0) is 38.2 Å². The van der Waals surface area contributed by atoms with Crippen LogP contribution < -0.4 is 0 Å². The first kappa shape index (κ1) is 15.2. The van der Waals surface area contributed by atoms with Crippen LogP contribution in [0.15, 0.2) is 47.6 Å². The second-order valence-corrected chi connectivity index (χ2v) is 4.68. The first-order valence-electron chi connectivity index (χ1n) is 6.49. The average Bonchev–Trinajstić information content (AvgIpc) is 2.38. The predicted octanol–water partition coefficient (Wildman–Crippen LogP) is 3.89. The Labute approximate surface area is 115 Å². The molecule has 0 aromatic heterocycles. The molecular weight excluding hydrogens is 238 g/mol. The summed E-state index contributed by atoms with van der Waals surface area (Å²) in [7, 11) is 0. The molecule has 0 fully saturated rings. The second-order valence-electron chi connectivity index (χ2n) is 4.68. The molecule has 3 heteroatoms. The number of carbonyl (C=O) groups excluding carboxylic acids is 1. The van der Waals surface area contributed by atoms with E-state index in [0.29, 0.717) is 0 Å². The van der Waals surface area contributed by atoms with Gasteiger partial charge >= 0.3 is 5.97 Å². The van der Waals surface area contributed by atoms with E-state index in [1.807, 2.05) is 25.1 Å². The first-order valence-corrected chi connectivity index (χ1v) is 6.49. The third-order valence-corrected chi connectivity index (χ3v) is 2.69. The summed E-state index contributed by atoms with van der Waals surface area (Å²) in [5.74, 6) is -0.382. The molecular formula is C16H21NO2. The van der Waals surface area contributed by atoms with Crippen LogP contribution in [0.4, 0.5) is 0 Å². The van der Waals surface area contributed by atoms with Gasteiger partial charge in [0.05, 0.1) is 5.71 Å². The molecule has 0 N–H and O–H groups in total. The fraction of sp³-hybridized carbons (Fsp3) is 0.375. The smallest absolute Gasteiger partial charge is 0.319 e. The Balaban J connectivity index is 2.55. The number of nitrogens with zero attached hydrogens (tertiary/aromatic N) is 1. The van der Waals surface area contributed by atoms with Gasteiger partial charge in [-0.3, -0.25) is 0 Å². The van der Waals surface area contributed by atoms with Gasteiger partial charge in [0.2, 0.25) is 0 Å². The number of hydrogen-bond donors (Lipinski definition) is 0. The van der Waals surface area contributed by atoms with Crippen molar-refractivity contribution in [3.05, 3.63) is 48.0 Å². The Morgan fingerprint density at radius 3 is 2.42 bits per heavy atom. The molecule has 1 rings (SSSR count). The van der Waals surface area contributed by atoms with Crippen LogP contribution in [0.25, 0.3) is 0 Å². The molecule has 0 aliphatic carbocycles. The lowest BCUT2D eigenvalue weighted by Gasteiger charge is -2.06. The molecule has 0 radical (unpaired) electrons. The molecule has 102 valence electrons. The minimum absolute atomic E-state index is 0.382. The second kappa shape index (κ2) is 8.25. The predicted molar refractivity (Wildman–Crippen MR) is 78.0 cm³/mol. The summed E-state index contributed by atoms with van der Waals surface area (Å²) in [6.45, 7) is 7.22. The SMILES string of the molecule is C=C(C)CC/C(CCc1ccccc1)=N\OC(C)=O. The summed E-state index contributed by atoms with van der Waals surface area (Å²) in [6, 6.07) is 10.2. The third kappa shape index (κ3) is 7.19. The molecule has 1 aromatic rings. The summed E-state index contributed by atoms with van der Waals surface area (Å²) in [5.41, 5.74) is 3.27. The molecule has 0 bridgehead atoms.